The topological polar surface area (TPSA) is 71.2 Å². The normalized spacial score (nSPS) is 11.6. The third-order valence-corrected chi connectivity index (χ3v) is 2.74. The zero-order valence-corrected chi connectivity index (χ0v) is 10.7. The molecule has 90 valence electrons. The lowest BCUT2D eigenvalue weighted by Gasteiger charge is -2.26. The second-order valence-electron chi connectivity index (χ2n) is 4.17. The van der Waals surface area contributed by atoms with Crippen LogP contribution in [0.15, 0.2) is 6.07 Å². The van der Waals surface area contributed by atoms with Gasteiger partial charge in [0.2, 0.25) is 0 Å². The summed E-state index contributed by atoms with van der Waals surface area (Å²) in [6.45, 7) is 3.96. The van der Waals surface area contributed by atoms with Crippen LogP contribution >= 0.6 is 23.2 Å². The maximum absolute atomic E-state index is 8.91. The Hall–Kier alpha value is -0.710. The van der Waals surface area contributed by atoms with Gasteiger partial charge in [-0.2, -0.15) is 0 Å². The van der Waals surface area contributed by atoms with Crippen molar-refractivity contribution < 1.29 is 5.11 Å². The van der Waals surface area contributed by atoms with Crippen molar-refractivity contribution in [3.8, 4) is 0 Å². The highest BCUT2D eigenvalue weighted by Crippen LogP contribution is 2.29. The number of nitrogens with one attached hydrogen (secondary N) is 1. The van der Waals surface area contributed by atoms with Crippen LogP contribution in [0.1, 0.15) is 20.3 Å². The van der Waals surface area contributed by atoms with Gasteiger partial charge in [-0.25, -0.2) is 4.98 Å². The lowest BCUT2D eigenvalue weighted by molar-refractivity contribution is 0.260. The number of rotatable bonds is 4. The monoisotopic (exact) mass is 263 g/mol. The van der Waals surface area contributed by atoms with E-state index in [0.29, 0.717) is 22.3 Å². The zero-order chi connectivity index (χ0) is 12.3. The maximum atomic E-state index is 8.91. The molecule has 0 saturated heterocycles. The van der Waals surface area contributed by atoms with Crippen molar-refractivity contribution in [2.45, 2.75) is 25.8 Å². The fraction of sp³-hybridized carbons (Fsp3) is 0.500. The number of aromatic nitrogens is 1. The van der Waals surface area contributed by atoms with Crippen molar-refractivity contribution in [1.29, 1.82) is 0 Å². The number of nitrogen functional groups attached to an aromatic ring is 1. The molecule has 0 radical (unpaired) electrons. The molecule has 1 aromatic heterocycles. The molecule has 0 aliphatic heterocycles. The van der Waals surface area contributed by atoms with Crippen LogP contribution in [0, 0.1) is 0 Å². The third-order valence-electron chi connectivity index (χ3n) is 2.15. The summed E-state index contributed by atoms with van der Waals surface area (Å²) in [5, 5.41) is 12.8. The second-order valence-corrected chi connectivity index (χ2v) is 4.98. The highest BCUT2D eigenvalue weighted by atomic mass is 35.5. The van der Waals surface area contributed by atoms with Crippen molar-refractivity contribution in [3.05, 3.63) is 16.1 Å². The van der Waals surface area contributed by atoms with E-state index in [1.54, 1.807) is 6.07 Å². The predicted molar refractivity (Wildman–Crippen MR) is 68.1 cm³/mol. The zero-order valence-electron chi connectivity index (χ0n) is 9.22. The van der Waals surface area contributed by atoms with Gasteiger partial charge in [-0.3, -0.25) is 0 Å². The molecule has 0 saturated carbocycles. The average Bonchev–Trinajstić information content (AvgIpc) is 2.13. The first kappa shape index (κ1) is 13.4. The standard InChI is InChI=1S/C10H15Cl2N3O/c1-10(2,3-4-16)15-9-7(12)5-6(11)8(13)14-9/h5,16H,3-4H2,1-2H3,(H3,13,14,15). The van der Waals surface area contributed by atoms with Gasteiger partial charge in [-0.05, 0) is 26.3 Å². The van der Waals surface area contributed by atoms with Gasteiger partial charge in [0.15, 0.2) is 0 Å². The molecule has 4 nitrogen and oxygen atoms in total. The molecule has 4 N–H and O–H groups in total. The molecule has 1 rings (SSSR count). The van der Waals surface area contributed by atoms with Gasteiger partial charge < -0.3 is 16.2 Å². The van der Waals surface area contributed by atoms with Gasteiger partial charge in [0, 0.05) is 12.1 Å². The smallest absolute Gasteiger partial charge is 0.147 e. The Bertz CT molecular complexity index is 383. The van der Waals surface area contributed by atoms with E-state index in [0.717, 1.165) is 0 Å². The van der Waals surface area contributed by atoms with Gasteiger partial charge in [0.25, 0.3) is 0 Å². The van der Waals surface area contributed by atoms with Gasteiger partial charge >= 0.3 is 0 Å². The van der Waals surface area contributed by atoms with Crippen molar-refractivity contribution in [1.82, 2.24) is 4.98 Å². The molecule has 0 aliphatic rings. The minimum atomic E-state index is -0.314. The fourth-order valence-electron chi connectivity index (χ4n) is 1.23. The summed E-state index contributed by atoms with van der Waals surface area (Å²) in [6.07, 6.45) is 0.577. The van der Waals surface area contributed by atoms with Gasteiger partial charge in [-0.15, -0.1) is 0 Å². The van der Waals surface area contributed by atoms with Gasteiger partial charge in [-0.1, -0.05) is 23.2 Å². The van der Waals surface area contributed by atoms with E-state index < -0.39 is 0 Å². The molecular formula is C10H15Cl2N3O. The lowest BCUT2D eigenvalue weighted by Crippen LogP contribution is -2.32. The number of nitrogens with zero attached hydrogens (tertiary/aromatic N) is 1. The summed E-state index contributed by atoms with van der Waals surface area (Å²) in [5.74, 6) is 0.704. The molecule has 0 aromatic carbocycles. The third kappa shape index (κ3) is 3.40. The Morgan fingerprint density at radius 2 is 2.06 bits per heavy atom. The molecule has 1 heterocycles. The molecule has 0 aliphatic carbocycles. The number of aliphatic hydroxyl groups is 1. The number of pyridine rings is 1. The molecule has 16 heavy (non-hydrogen) atoms. The summed E-state index contributed by atoms with van der Waals surface area (Å²) in [5.41, 5.74) is 5.28. The van der Waals surface area contributed by atoms with Crippen LogP contribution in [0.25, 0.3) is 0 Å². The molecule has 1 aromatic rings. The minimum Gasteiger partial charge on any atom is -0.396 e. The van der Waals surface area contributed by atoms with E-state index in [4.69, 9.17) is 34.0 Å². The average molecular weight is 264 g/mol. The second kappa shape index (κ2) is 5.08. The first-order chi connectivity index (χ1) is 7.35. The molecule has 0 spiro atoms. The number of aliphatic hydroxyl groups excluding tert-OH is 1. The predicted octanol–water partition coefficient (Wildman–Crippen LogP) is 2.54. The van der Waals surface area contributed by atoms with Crippen LogP contribution in [-0.2, 0) is 0 Å². The Kier molecular flexibility index (Phi) is 4.24. The van der Waals surface area contributed by atoms with E-state index in [1.165, 1.54) is 0 Å². The first-order valence-electron chi connectivity index (χ1n) is 4.86. The fourth-order valence-corrected chi connectivity index (χ4v) is 1.64. The Morgan fingerprint density at radius 3 is 2.62 bits per heavy atom. The molecule has 0 bridgehead atoms. The van der Waals surface area contributed by atoms with Crippen molar-refractivity contribution in [2.75, 3.05) is 17.7 Å². The van der Waals surface area contributed by atoms with Crippen LogP contribution in [-0.4, -0.2) is 22.2 Å². The van der Waals surface area contributed by atoms with E-state index in [2.05, 4.69) is 10.3 Å². The van der Waals surface area contributed by atoms with Crippen LogP contribution in [0.3, 0.4) is 0 Å². The highest BCUT2D eigenvalue weighted by Gasteiger charge is 2.19. The first-order valence-corrected chi connectivity index (χ1v) is 5.62. The lowest BCUT2D eigenvalue weighted by atomic mass is 10.0. The Labute approximate surface area is 105 Å². The highest BCUT2D eigenvalue weighted by molar-refractivity contribution is 6.37. The number of anilines is 2. The Balaban J connectivity index is 2.93. The molecule has 0 fully saturated rings. The summed E-state index contributed by atoms with van der Waals surface area (Å²) < 4.78 is 0. The van der Waals surface area contributed by atoms with Crippen molar-refractivity contribution in [2.24, 2.45) is 0 Å². The van der Waals surface area contributed by atoms with Crippen molar-refractivity contribution >= 4 is 34.8 Å². The molecule has 6 heteroatoms. The van der Waals surface area contributed by atoms with E-state index >= 15 is 0 Å². The number of halogens is 2. The summed E-state index contributed by atoms with van der Waals surface area (Å²) in [7, 11) is 0. The summed E-state index contributed by atoms with van der Waals surface area (Å²) in [6, 6.07) is 1.54. The van der Waals surface area contributed by atoms with E-state index in [9.17, 15) is 0 Å². The van der Waals surface area contributed by atoms with Gasteiger partial charge in [0.1, 0.15) is 11.6 Å². The van der Waals surface area contributed by atoms with E-state index in [-0.39, 0.29) is 18.0 Å². The quantitative estimate of drug-likeness (QED) is 0.781. The van der Waals surface area contributed by atoms with E-state index in [1.807, 2.05) is 13.8 Å². The number of nitrogens with two attached hydrogens (primary N) is 1. The number of hydrogen-bond donors (Lipinski definition) is 3. The van der Waals surface area contributed by atoms with Crippen LogP contribution in [0.5, 0.6) is 0 Å². The minimum absolute atomic E-state index is 0.0840. The van der Waals surface area contributed by atoms with Crippen LogP contribution in [0.2, 0.25) is 10.0 Å². The summed E-state index contributed by atoms with van der Waals surface area (Å²) >= 11 is 11.8. The SMILES string of the molecule is CC(C)(CCO)Nc1nc(N)c(Cl)cc1Cl. The van der Waals surface area contributed by atoms with Crippen LogP contribution in [0.4, 0.5) is 11.6 Å². The largest absolute Gasteiger partial charge is 0.396 e. The molecule has 0 atom stereocenters. The molecule has 0 amide bonds. The molecular weight excluding hydrogens is 249 g/mol. The molecule has 0 unspecified atom stereocenters. The number of hydrogen-bond acceptors (Lipinski definition) is 4. The van der Waals surface area contributed by atoms with Crippen molar-refractivity contribution in [3.63, 3.8) is 0 Å². The summed E-state index contributed by atoms with van der Waals surface area (Å²) in [4.78, 5) is 4.06. The Morgan fingerprint density at radius 1 is 1.44 bits per heavy atom. The maximum Gasteiger partial charge on any atom is 0.147 e. The van der Waals surface area contributed by atoms with Gasteiger partial charge in [0.05, 0.1) is 10.0 Å². The van der Waals surface area contributed by atoms with Crippen LogP contribution < -0.4 is 11.1 Å².